The van der Waals surface area contributed by atoms with E-state index in [1.807, 2.05) is 0 Å². The summed E-state index contributed by atoms with van der Waals surface area (Å²) in [7, 11) is 0. The molecule has 4 fully saturated rings. The zero-order chi connectivity index (χ0) is 23.1. The number of hydrogen-bond donors (Lipinski definition) is 2. The Morgan fingerprint density at radius 2 is 1.91 bits per heavy atom. The van der Waals surface area contributed by atoms with Gasteiger partial charge in [-0.25, -0.2) is 0 Å². The number of carbonyl (C=O) groups is 2. The molecule has 4 rings (SSSR count). The molecule has 0 heterocycles. The molecule has 0 aromatic heterocycles. The van der Waals surface area contributed by atoms with Crippen LogP contribution in [0.5, 0.6) is 0 Å². The Bertz CT molecular complexity index is 890. The summed E-state index contributed by atoms with van der Waals surface area (Å²) in [5, 5.41) is 9.85. The van der Waals surface area contributed by atoms with Gasteiger partial charge in [-0.1, -0.05) is 49.8 Å². The molecule has 174 valence electrons. The predicted molar refractivity (Wildman–Crippen MR) is 132 cm³/mol. The molecule has 0 bridgehead atoms. The smallest absolute Gasteiger partial charge is 0.199 e. The largest absolute Gasteiger partial charge is 0.388 e. The minimum atomic E-state index is -0.825. The molecule has 1 N–H and O–H groups in total. The van der Waals surface area contributed by atoms with E-state index >= 15 is 0 Å². The van der Waals surface area contributed by atoms with Gasteiger partial charge in [-0.3, -0.25) is 9.59 Å². The zero-order valence-electron chi connectivity index (χ0n) is 19.6. The van der Waals surface area contributed by atoms with Gasteiger partial charge in [0.2, 0.25) is 0 Å². The number of rotatable bonds is 6. The second-order valence-corrected chi connectivity index (χ2v) is 11.4. The third-order valence-electron chi connectivity index (χ3n) is 9.08. The molecule has 0 aliphatic heterocycles. The Morgan fingerprint density at radius 1 is 1.16 bits per heavy atom. The van der Waals surface area contributed by atoms with Crippen molar-refractivity contribution in [3.63, 3.8) is 0 Å². The summed E-state index contributed by atoms with van der Waals surface area (Å²) >= 11 is 3.94. The molecule has 0 amide bonds. The molecule has 32 heavy (non-hydrogen) atoms. The number of carbonyl (C=O) groups excluding carboxylic acids is 2. The van der Waals surface area contributed by atoms with Crippen molar-refractivity contribution in [3.05, 3.63) is 47.6 Å². The fourth-order valence-electron chi connectivity index (χ4n) is 6.73. The van der Waals surface area contributed by atoms with E-state index in [0.29, 0.717) is 30.6 Å². The number of fused-ring (bicyclic) bond motifs is 1. The Kier molecular flexibility index (Phi) is 6.76. The van der Waals surface area contributed by atoms with Crippen LogP contribution in [0.2, 0.25) is 0 Å². The highest BCUT2D eigenvalue weighted by molar-refractivity contribution is 7.96. The Morgan fingerprint density at radius 3 is 2.56 bits per heavy atom. The molecule has 0 saturated heterocycles. The number of hydrogen-bond acceptors (Lipinski definition) is 3. The molecular weight excluding hydrogens is 416 g/mol. The van der Waals surface area contributed by atoms with E-state index in [4.69, 9.17) is 0 Å². The van der Waals surface area contributed by atoms with Crippen molar-refractivity contribution < 1.29 is 14.7 Å². The molecule has 3 nitrogen and oxygen atoms in total. The van der Waals surface area contributed by atoms with Crippen molar-refractivity contribution in [1.29, 1.82) is 0 Å². The first-order valence-electron chi connectivity index (χ1n) is 12.4. The maximum atomic E-state index is 12.6. The summed E-state index contributed by atoms with van der Waals surface area (Å²) in [5.41, 5.74) is 3.30. The topological polar surface area (TPSA) is 54.4 Å². The zero-order valence-corrected chi connectivity index (χ0v) is 20.5. The van der Waals surface area contributed by atoms with E-state index < -0.39 is 5.41 Å². The average Bonchev–Trinajstić information content (AvgIpc) is 3.49. The number of ketones is 1. The van der Waals surface area contributed by atoms with Crippen molar-refractivity contribution in [1.82, 2.24) is 0 Å². The first kappa shape index (κ1) is 23.8. The average molecular weight is 455 g/mol. The molecule has 0 radical (unpaired) electrons. The van der Waals surface area contributed by atoms with Crippen LogP contribution in [0.15, 0.2) is 47.6 Å². The first-order valence-corrected chi connectivity index (χ1v) is 12.8. The monoisotopic (exact) mass is 454 g/mol. The minimum Gasteiger partial charge on any atom is -0.388 e. The second kappa shape index (κ2) is 9.10. The predicted octanol–water partition coefficient (Wildman–Crippen LogP) is 6.15. The third kappa shape index (κ3) is 4.37. The number of aliphatic hydroxyl groups excluding tert-OH is 1. The van der Waals surface area contributed by atoms with Crippen LogP contribution in [-0.2, 0) is 9.59 Å². The van der Waals surface area contributed by atoms with Crippen LogP contribution >= 0.6 is 12.6 Å². The van der Waals surface area contributed by atoms with Gasteiger partial charge in [-0.05, 0) is 99.0 Å². The lowest BCUT2D eigenvalue weighted by Gasteiger charge is -2.44. The van der Waals surface area contributed by atoms with Crippen molar-refractivity contribution >= 4 is 23.5 Å². The lowest BCUT2D eigenvalue weighted by Crippen LogP contribution is -2.35. The molecule has 4 aliphatic rings. The minimum absolute atomic E-state index is 0.0581. The van der Waals surface area contributed by atoms with Crippen LogP contribution in [0.1, 0.15) is 78.1 Å². The highest BCUT2D eigenvalue weighted by atomic mass is 32.1. The lowest BCUT2D eigenvalue weighted by atomic mass is 9.61. The van der Waals surface area contributed by atoms with E-state index in [0.717, 1.165) is 24.8 Å². The van der Waals surface area contributed by atoms with Gasteiger partial charge in [0.1, 0.15) is 5.41 Å². The number of aliphatic hydroxyl groups is 1. The molecule has 4 saturated carbocycles. The standard InChI is InChI=1S/C28H38O3S/c1-18(7-13-25(30)28(15-16-28)26(31)32)22-11-12-23-21(5-4-14-27(22,23)3)10-9-20-8-6-19(2)24(29)17-20/h7,9-10,13,18,22-24,29H,2,4-6,8,11-12,14-17H2,1,3H3,(H,31,32)/b13-7+,20-9-,21-10+. The van der Waals surface area contributed by atoms with Crippen LogP contribution in [0.3, 0.4) is 0 Å². The molecule has 0 spiro atoms. The van der Waals surface area contributed by atoms with E-state index in [-0.39, 0.29) is 22.4 Å². The molecule has 5 atom stereocenters. The van der Waals surface area contributed by atoms with E-state index in [2.05, 4.69) is 51.3 Å². The van der Waals surface area contributed by atoms with Crippen LogP contribution in [0, 0.1) is 28.6 Å². The fraction of sp³-hybridized carbons (Fsp3) is 0.643. The van der Waals surface area contributed by atoms with Gasteiger partial charge in [0, 0.05) is 0 Å². The number of allylic oxidation sites excluding steroid dienone is 5. The van der Waals surface area contributed by atoms with Gasteiger partial charge < -0.3 is 5.11 Å². The van der Waals surface area contributed by atoms with Crippen LogP contribution in [0.25, 0.3) is 0 Å². The summed E-state index contributed by atoms with van der Waals surface area (Å²) in [6.45, 7) is 8.66. The first-order chi connectivity index (χ1) is 15.2. The van der Waals surface area contributed by atoms with E-state index in [1.165, 1.54) is 37.7 Å². The molecular formula is C28H38O3S. The van der Waals surface area contributed by atoms with Gasteiger partial charge in [0.05, 0.1) is 6.10 Å². The van der Waals surface area contributed by atoms with E-state index in [1.54, 1.807) is 11.6 Å². The normalized spacial score (nSPS) is 37.6. The summed E-state index contributed by atoms with van der Waals surface area (Å²) in [5.74, 6) is 1.41. The summed E-state index contributed by atoms with van der Waals surface area (Å²) in [4.78, 5) is 24.3. The Hall–Kier alpha value is -1.39. The molecule has 4 aliphatic carbocycles. The van der Waals surface area contributed by atoms with Crippen LogP contribution in [0.4, 0.5) is 0 Å². The van der Waals surface area contributed by atoms with E-state index in [9.17, 15) is 14.7 Å². The second-order valence-electron chi connectivity index (χ2n) is 11.0. The van der Waals surface area contributed by atoms with Gasteiger partial charge in [-0.2, -0.15) is 0 Å². The Balaban J connectivity index is 1.45. The highest BCUT2D eigenvalue weighted by Crippen LogP contribution is 2.59. The third-order valence-corrected chi connectivity index (χ3v) is 9.51. The maximum Gasteiger partial charge on any atom is 0.199 e. The van der Waals surface area contributed by atoms with Crippen molar-refractivity contribution in [2.24, 2.45) is 28.6 Å². The summed E-state index contributed by atoms with van der Waals surface area (Å²) in [6.07, 6.45) is 17.9. The molecule has 4 heteroatoms. The maximum absolute atomic E-state index is 12.6. The molecule has 0 aromatic carbocycles. The lowest BCUT2D eigenvalue weighted by molar-refractivity contribution is -0.126. The quantitative estimate of drug-likeness (QED) is 0.219. The van der Waals surface area contributed by atoms with Gasteiger partial charge in [0.25, 0.3) is 0 Å². The van der Waals surface area contributed by atoms with Crippen LogP contribution < -0.4 is 0 Å². The molecule has 5 unspecified atom stereocenters. The van der Waals surface area contributed by atoms with Crippen molar-refractivity contribution in [3.8, 4) is 0 Å². The van der Waals surface area contributed by atoms with Gasteiger partial charge in [0.15, 0.2) is 10.9 Å². The van der Waals surface area contributed by atoms with Gasteiger partial charge >= 0.3 is 0 Å². The molecule has 0 aromatic rings. The SMILES string of the molecule is C=C1CC/C(=C/C=C2\CCCC3(C)C2CCC3C(C)/C=C/C(=O)C2(C(=O)S)CC2)CC1O. The highest BCUT2D eigenvalue weighted by Gasteiger charge is 2.54. The fourth-order valence-corrected chi connectivity index (χ4v) is 7.06. The van der Waals surface area contributed by atoms with Crippen molar-refractivity contribution in [2.75, 3.05) is 0 Å². The van der Waals surface area contributed by atoms with Crippen LogP contribution in [-0.4, -0.2) is 22.1 Å². The summed E-state index contributed by atoms with van der Waals surface area (Å²) in [6, 6.07) is 0. The van der Waals surface area contributed by atoms with Gasteiger partial charge in [-0.15, -0.1) is 12.6 Å². The summed E-state index contributed by atoms with van der Waals surface area (Å²) < 4.78 is 0. The van der Waals surface area contributed by atoms with Crippen molar-refractivity contribution in [2.45, 2.75) is 84.2 Å². The number of thiol groups is 1. The Labute approximate surface area is 198 Å².